The van der Waals surface area contributed by atoms with E-state index < -0.39 is 0 Å². The van der Waals surface area contributed by atoms with E-state index in [-0.39, 0.29) is 0 Å². The third-order valence-electron chi connectivity index (χ3n) is 2.20. The molecule has 0 aromatic heterocycles. The predicted octanol–water partition coefficient (Wildman–Crippen LogP) is 8.05. The summed E-state index contributed by atoms with van der Waals surface area (Å²) in [5.41, 5.74) is 0. The van der Waals surface area contributed by atoms with Crippen LogP contribution in [0, 0.1) is 0 Å². The number of ether oxygens (including phenoxy) is 1. The number of halogens is 6. The second-order valence-electron chi connectivity index (χ2n) is 3.45. The van der Waals surface area contributed by atoms with Crippen LogP contribution >= 0.6 is 95.6 Å². The standard InChI is InChI=1S/C12H4Br6O/c13-5-2-1-3-6(14)12(5)19-8-4-7(15)9(16)11(18)10(8)17/h1-4H. The molecule has 0 spiro atoms. The summed E-state index contributed by atoms with van der Waals surface area (Å²) in [7, 11) is 0. The van der Waals surface area contributed by atoms with Crippen LogP contribution in [0.3, 0.4) is 0 Å². The lowest BCUT2D eigenvalue weighted by Gasteiger charge is -2.13. The summed E-state index contributed by atoms with van der Waals surface area (Å²) in [6.07, 6.45) is 0. The van der Waals surface area contributed by atoms with Crippen LogP contribution in [-0.4, -0.2) is 0 Å². The van der Waals surface area contributed by atoms with Gasteiger partial charge in [0.1, 0.15) is 5.75 Å². The summed E-state index contributed by atoms with van der Waals surface area (Å²) >= 11 is 20.9. The molecule has 2 aromatic carbocycles. The monoisotopic (exact) mass is 638 g/mol. The Labute approximate surface area is 161 Å². The molecule has 0 aliphatic carbocycles. The zero-order chi connectivity index (χ0) is 14.2. The number of para-hydroxylation sites is 1. The molecular weight excluding hydrogens is 640 g/mol. The Hall–Kier alpha value is 1.12. The van der Waals surface area contributed by atoms with Gasteiger partial charge in [0.25, 0.3) is 0 Å². The summed E-state index contributed by atoms with van der Waals surface area (Å²) in [5.74, 6) is 1.43. The van der Waals surface area contributed by atoms with Crippen LogP contribution in [0.5, 0.6) is 11.5 Å². The Bertz CT molecular complexity index is 620. The molecule has 0 bridgehead atoms. The fourth-order valence-corrected chi connectivity index (χ4v) is 4.53. The van der Waals surface area contributed by atoms with Crippen molar-refractivity contribution in [1.82, 2.24) is 0 Å². The summed E-state index contributed by atoms with van der Waals surface area (Å²) < 4.78 is 11.3. The van der Waals surface area contributed by atoms with E-state index in [0.717, 1.165) is 32.6 Å². The van der Waals surface area contributed by atoms with Crippen molar-refractivity contribution in [3.63, 3.8) is 0 Å². The molecule has 0 saturated heterocycles. The Morgan fingerprint density at radius 1 is 0.684 bits per heavy atom. The average molecular weight is 644 g/mol. The van der Waals surface area contributed by atoms with Crippen LogP contribution < -0.4 is 4.74 Å². The molecule has 0 N–H and O–H groups in total. The van der Waals surface area contributed by atoms with Gasteiger partial charge in [-0.05, 0) is 114 Å². The topological polar surface area (TPSA) is 9.23 Å². The van der Waals surface area contributed by atoms with Gasteiger partial charge in [0, 0.05) is 8.95 Å². The molecule has 2 aromatic rings. The van der Waals surface area contributed by atoms with Crippen molar-refractivity contribution in [3.8, 4) is 11.5 Å². The molecule has 100 valence electrons. The molecule has 0 radical (unpaired) electrons. The maximum Gasteiger partial charge on any atom is 0.155 e. The van der Waals surface area contributed by atoms with Gasteiger partial charge in [-0.3, -0.25) is 0 Å². The molecule has 0 saturated carbocycles. The first-order chi connectivity index (χ1) is 8.91. The molecule has 0 aliphatic heterocycles. The lowest BCUT2D eigenvalue weighted by Crippen LogP contribution is -1.90. The Balaban J connectivity index is 2.50. The van der Waals surface area contributed by atoms with Gasteiger partial charge in [0.2, 0.25) is 0 Å². The first kappa shape index (κ1) is 16.5. The van der Waals surface area contributed by atoms with Gasteiger partial charge in [-0.15, -0.1) is 0 Å². The molecule has 0 unspecified atom stereocenters. The van der Waals surface area contributed by atoms with Crippen molar-refractivity contribution in [1.29, 1.82) is 0 Å². The minimum Gasteiger partial charge on any atom is -0.454 e. The van der Waals surface area contributed by atoms with Gasteiger partial charge in [-0.1, -0.05) is 6.07 Å². The van der Waals surface area contributed by atoms with E-state index in [1.54, 1.807) is 0 Å². The van der Waals surface area contributed by atoms with Crippen LogP contribution in [-0.2, 0) is 0 Å². The highest BCUT2D eigenvalue weighted by Gasteiger charge is 2.15. The zero-order valence-corrected chi connectivity index (χ0v) is 18.5. The molecule has 2 rings (SSSR count). The van der Waals surface area contributed by atoms with Crippen LogP contribution in [0.15, 0.2) is 51.1 Å². The molecule has 0 amide bonds. The summed E-state index contributed by atoms with van der Waals surface area (Å²) in [5, 5.41) is 0. The second-order valence-corrected chi connectivity index (χ2v) is 8.39. The normalized spacial score (nSPS) is 10.6. The highest BCUT2D eigenvalue weighted by Crippen LogP contribution is 2.45. The van der Waals surface area contributed by atoms with E-state index in [0.29, 0.717) is 5.75 Å². The van der Waals surface area contributed by atoms with E-state index >= 15 is 0 Å². The minimum absolute atomic E-state index is 0.703. The van der Waals surface area contributed by atoms with E-state index in [2.05, 4.69) is 95.6 Å². The van der Waals surface area contributed by atoms with Crippen molar-refractivity contribution in [2.75, 3.05) is 0 Å². The first-order valence-corrected chi connectivity index (χ1v) is 9.62. The van der Waals surface area contributed by atoms with Gasteiger partial charge in [-0.2, -0.15) is 0 Å². The first-order valence-electron chi connectivity index (χ1n) is 4.86. The molecular formula is C12H4Br6O. The Morgan fingerprint density at radius 3 is 1.84 bits per heavy atom. The molecule has 0 aliphatic rings. The maximum absolute atomic E-state index is 5.97. The van der Waals surface area contributed by atoms with E-state index in [4.69, 9.17) is 4.74 Å². The molecule has 1 nitrogen and oxygen atoms in total. The van der Waals surface area contributed by atoms with Crippen LogP contribution in [0.4, 0.5) is 0 Å². The van der Waals surface area contributed by atoms with Crippen molar-refractivity contribution in [2.45, 2.75) is 0 Å². The molecule has 0 fully saturated rings. The third-order valence-corrected chi connectivity index (χ3v) is 8.07. The number of hydrogen-bond acceptors (Lipinski definition) is 1. The fourth-order valence-electron chi connectivity index (χ4n) is 1.32. The number of benzene rings is 2. The fraction of sp³-hybridized carbons (Fsp3) is 0. The van der Waals surface area contributed by atoms with Crippen molar-refractivity contribution in [2.24, 2.45) is 0 Å². The summed E-state index contributed by atoms with van der Waals surface area (Å²) in [4.78, 5) is 0. The lowest BCUT2D eigenvalue weighted by molar-refractivity contribution is 0.472. The van der Waals surface area contributed by atoms with Crippen molar-refractivity contribution in [3.05, 3.63) is 51.1 Å². The van der Waals surface area contributed by atoms with Gasteiger partial charge in [0.15, 0.2) is 5.75 Å². The van der Waals surface area contributed by atoms with Crippen molar-refractivity contribution >= 4 is 95.6 Å². The van der Waals surface area contributed by atoms with E-state index in [1.807, 2.05) is 24.3 Å². The lowest BCUT2D eigenvalue weighted by atomic mass is 10.3. The number of hydrogen-bond donors (Lipinski definition) is 0. The van der Waals surface area contributed by atoms with Crippen LogP contribution in [0.25, 0.3) is 0 Å². The van der Waals surface area contributed by atoms with Gasteiger partial charge in [0.05, 0.1) is 17.9 Å². The average Bonchev–Trinajstić information content (AvgIpc) is 2.37. The second kappa shape index (κ2) is 6.92. The molecule has 7 heteroatoms. The highest BCUT2D eigenvalue weighted by molar-refractivity contribution is 9.15. The largest absolute Gasteiger partial charge is 0.454 e. The quantitative estimate of drug-likeness (QED) is 0.238. The zero-order valence-electron chi connectivity index (χ0n) is 8.99. The maximum atomic E-state index is 5.97. The SMILES string of the molecule is Brc1cc(Oc2c(Br)cccc2Br)c(Br)c(Br)c1Br. The van der Waals surface area contributed by atoms with E-state index in [9.17, 15) is 0 Å². The minimum atomic E-state index is 0.703. The van der Waals surface area contributed by atoms with Gasteiger partial charge in [-0.25, -0.2) is 0 Å². The summed E-state index contributed by atoms with van der Waals surface area (Å²) in [6, 6.07) is 7.68. The highest BCUT2D eigenvalue weighted by atomic mass is 79.9. The van der Waals surface area contributed by atoms with Gasteiger partial charge >= 0.3 is 0 Å². The molecule has 0 atom stereocenters. The number of rotatable bonds is 2. The van der Waals surface area contributed by atoms with Crippen LogP contribution in [0.2, 0.25) is 0 Å². The Morgan fingerprint density at radius 2 is 1.26 bits per heavy atom. The van der Waals surface area contributed by atoms with Gasteiger partial charge < -0.3 is 4.74 Å². The summed E-state index contributed by atoms with van der Waals surface area (Å²) in [6.45, 7) is 0. The Kier molecular flexibility index (Phi) is 6.01. The molecule has 19 heavy (non-hydrogen) atoms. The van der Waals surface area contributed by atoms with Crippen molar-refractivity contribution < 1.29 is 4.74 Å². The van der Waals surface area contributed by atoms with Crippen LogP contribution in [0.1, 0.15) is 0 Å². The predicted molar refractivity (Wildman–Crippen MR) is 99.2 cm³/mol. The third kappa shape index (κ3) is 3.66. The molecule has 0 heterocycles. The van der Waals surface area contributed by atoms with E-state index in [1.165, 1.54) is 0 Å². The smallest absolute Gasteiger partial charge is 0.155 e.